The van der Waals surface area contributed by atoms with E-state index < -0.39 is 23.8 Å². The predicted octanol–water partition coefficient (Wildman–Crippen LogP) is 1.18. The minimum absolute atomic E-state index is 0.00314. The third kappa shape index (κ3) is 5.26. The zero-order chi connectivity index (χ0) is 20.8. The number of nitrogens with one attached hydrogen (secondary N) is 1. The molecule has 0 aliphatic carbocycles. The van der Waals surface area contributed by atoms with Crippen molar-refractivity contribution in [3.05, 3.63) is 40.9 Å². The fourth-order valence-electron chi connectivity index (χ4n) is 3.08. The summed E-state index contributed by atoms with van der Waals surface area (Å²) in [6, 6.07) is 8.14. The number of carboxylic acids is 1. The molecule has 29 heavy (non-hydrogen) atoms. The number of methoxy groups -OCH3 is 1. The molecule has 2 bridgehead atoms. The summed E-state index contributed by atoms with van der Waals surface area (Å²) in [7, 11) is 1.58. The molecular weight excluding hydrogens is 416 g/mol. The number of nitrogens with zero attached hydrogens (tertiary/aromatic N) is 1. The first kappa shape index (κ1) is 21.5. The normalized spacial score (nSPS) is 21.1. The van der Waals surface area contributed by atoms with Gasteiger partial charge in [0.2, 0.25) is 0 Å². The lowest BCUT2D eigenvalue weighted by Gasteiger charge is -2.22. The van der Waals surface area contributed by atoms with Crippen LogP contribution in [0.1, 0.15) is 0 Å². The Kier molecular flexibility index (Phi) is 7.45. The van der Waals surface area contributed by atoms with Crippen LogP contribution in [0.5, 0.6) is 5.75 Å². The number of fused-ring (bicyclic) bond motifs is 2. The number of amides is 2. The Morgan fingerprint density at radius 1 is 1.34 bits per heavy atom. The van der Waals surface area contributed by atoms with E-state index in [0.717, 1.165) is 0 Å². The molecule has 3 rings (SSSR count). The van der Waals surface area contributed by atoms with Crippen LogP contribution in [0, 0.1) is 0 Å². The topological polar surface area (TPSA) is 105 Å². The standard InChI is InChI=1S/C19H22N2O6S2/c1-26-7-8-28-14-11-29-13-9-21(17(14)19(24)25)18(23)16(13)20-15(22)10-27-12-5-3-2-4-6-12/h2-6,13,16H,7-11H2,1H3,(H,20,22)(H,24,25)/t13-,16+/m1/s1. The number of ether oxygens (including phenoxy) is 2. The monoisotopic (exact) mass is 438 g/mol. The van der Waals surface area contributed by atoms with Crippen LogP contribution < -0.4 is 10.1 Å². The van der Waals surface area contributed by atoms with Gasteiger partial charge in [-0.25, -0.2) is 4.79 Å². The number of carbonyl (C=O) groups excluding carboxylic acids is 2. The molecule has 2 aliphatic heterocycles. The average molecular weight is 439 g/mol. The van der Waals surface area contributed by atoms with Crippen molar-refractivity contribution in [2.45, 2.75) is 11.3 Å². The van der Waals surface area contributed by atoms with Crippen LogP contribution in [0.25, 0.3) is 0 Å². The first-order chi connectivity index (χ1) is 14.0. The number of hydrogen-bond acceptors (Lipinski definition) is 7. The molecule has 0 unspecified atom stereocenters. The molecule has 156 valence electrons. The van der Waals surface area contributed by atoms with E-state index in [9.17, 15) is 19.5 Å². The molecule has 1 aromatic carbocycles. The molecule has 0 aromatic heterocycles. The third-order valence-electron chi connectivity index (χ3n) is 4.42. The summed E-state index contributed by atoms with van der Waals surface area (Å²) in [6.07, 6.45) is 0. The van der Waals surface area contributed by atoms with E-state index in [-0.39, 0.29) is 24.1 Å². The summed E-state index contributed by atoms with van der Waals surface area (Å²) >= 11 is 2.87. The SMILES string of the molecule is COCCSC1=C(C(=O)O)N2C[C@@H](SC1)[C@H](NC(=O)COc1ccccc1)C2=O. The Labute approximate surface area is 177 Å². The molecule has 10 heteroatoms. The lowest BCUT2D eigenvalue weighted by molar-refractivity contribution is -0.139. The molecule has 1 fully saturated rings. The Bertz CT molecular complexity index is 801. The molecule has 1 saturated heterocycles. The van der Waals surface area contributed by atoms with Crippen molar-refractivity contribution >= 4 is 41.3 Å². The number of carboxylic acid groups (broad SMARTS) is 1. The minimum Gasteiger partial charge on any atom is -0.484 e. The van der Waals surface area contributed by atoms with Gasteiger partial charge >= 0.3 is 5.97 Å². The average Bonchev–Trinajstić information content (AvgIpc) is 2.89. The predicted molar refractivity (Wildman–Crippen MR) is 111 cm³/mol. The first-order valence-corrected chi connectivity index (χ1v) is 11.0. The van der Waals surface area contributed by atoms with Gasteiger partial charge in [-0.2, -0.15) is 0 Å². The molecule has 8 nitrogen and oxygen atoms in total. The highest BCUT2D eigenvalue weighted by molar-refractivity contribution is 8.06. The number of rotatable bonds is 9. The second kappa shape index (κ2) is 10.0. The second-order valence-corrected chi connectivity index (χ2v) is 8.78. The van der Waals surface area contributed by atoms with E-state index in [2.05, 4.69) is 5.32 Å². The Balaban J connectivity index is 1.66. The van der Waals surface area contributed by atoms with Crippen molar-refractivity contribution in [1.82, 2.24) is 10.2 Å². The van der Waals surface area contributed by atoms with Crippen LogP contribution in [-0.4, -0.2) is 77.5 Å². The van der Waals surface area contributed by atoms with Gasteiger partial charge in [0.25, 0.3) is 11.8 Å². The highest BCUT2D eigenvalue weighted by Crippen LogP contribution is 2.38. The highest BCUT2D eigenvalue weighted by atomic mass is 32.2. The minimum atomic E-state index is -1.14. The van der Waals surface area contributed by atoms with Gasteiger partial charge in [0, 0.05) is 30.1 Å². The maximum atomic E-state index is 12.9. The van der Waals surface area contributed by atoms with Gasteiger partial charge in [-0.05, 0) is 12.1 Å². The van der Waals surface area contributed by atoms with E-state index in [1.165, 1.54) is 28.4 Å². The summed E-state index contributed by atoms with van der Waals surface area (Å²) in [5.41, 5.74) is 0.00314. The molecule has 2 atom stereocenters. The smallest absolute Gasteiger partial charge is 0.353 e. The summed E-state index contributed by atoms with van der Waals surface area (Å²) in [6.45, 7) is 0.526. The third-order valence-corrected chi connectivity index (χ3v) is 6.97. The van der Waals surface area contributed by atoms with Crippen molar-refractivity contribution in [3.63, 3.8) is 0 Å². The highest BCUT2D eigenvalue weighted by Gasteiger charge is 2.47. The molecule has 2 heterocycles. The van der Waals surface area contributed by atoms with Crippen molar-refractivity contribution < 1.29 is 29.0 Å². The number of carbonyl (C=O) groups is 3. The number of thioether (sulfide) groups is 2. The largest absolute Gasteiger partial charge is 0.484 e. The zero-order valence-corrected chi connectivity index (χ0v) is 17.5. The van der Waals surface area contributed by atoms with E-state index in [1.807, 2.05) is 6.07 Å². The fourth-order valence-corrected chi connectivity index (χ4v) is 5.58. The van der Waals surface area contributed by atoms with Crippen LogP contribution in [-0.2, 0) is 19.1 Å². The molecule has 0 spiro atoms. The Hall–Kier alpha value is -2.17. The van der Waals surface area contributed by atoms with E-state index in [0.29, 0.717) is 28.8 Å². The molecule has 2 amide bonds. The molecule has 1 aromatic rings. The van der Waals surface area contributed by atoms with Crippen molar-refractivity contribution in [1.29, 1.82) is 0 Å². The summed E-state index contributed by atoms with van der Waals surface area (Å²) in [5, 5.41) is 12.2. The van der Waals surface area contributed by atoms with Gasteiger partial charge in [0.05, 0.1) is 11.9 Å². The molecule has 0 saturated carbocycles. The van der Waals surface area contributed by atoms with Gasteiger partial charge in [0.1, 0.15) is 17.5 Å². The van der Waals surface area contributed by atoms with Crippen molar-refractivity contribution in [2.24, 2.45) is 0 Å². The molecular formula is C19H22N2O6S2. The summed E-state index contributed by atoms with van der Waals surface area (Å²) < 4.78 is 10.4. The Morgan fingerprint density at radius 3 is 2.79 bits per heavy atom. The number of benzene rings is 1. The number of aliphatic carboxylic acids is 1. The maximum absolute atomic E-state index is 12.9. The maximum Gasteiger partial charge on any atom is 0.353 e. The molecule has 0 radical (unpaired) electrons. The van der Waals surface area contributed by atoms with E-state index >= 15 is 0 Å². The van der Waals surface area contributed by atoms with Crippen LogP contribution in [0.2, 0.25) is 0 Å². The fraction of sp³-hybridized carbons (Fsp3) is 0.421. The van der Waals surface area contributed by atoms with Crippen molar-refractivity contribution in [3.8, 4) is 5.75 Å². The zero-order valence-electron chi connectivity index (χ0n) is 15.8. The second-order valence-electron chi connectivity index (χ2n) is 6.36. The van der Waals surface area contributed by atoms with Crippen LogP contribution in [0.4, 0.5) is 0 Å². The number of hydrogen-bond donors (Lipinski definition) is 2. The van der Waals surface area contributed by atoms with Crippen LogP contribution in [0.3, 0.4) is 0 Å². The lowest BCUT2D eigenvalue weighted by Crippen LogP contribution is -2.47. The van der Waals surface area contributed by atoms with E-state index in [1.54, 1.807) is 31.4 Å². The quantitative estimate of drug-likeness (QED) is 0.554. The lowest BCUT2D eigenvalue weighted by atomic mass is 10.2. The van der Waals surface area contributed by atoms with Crippen molar-refractivity contribution in [2.75, 3.05) is 38.4 Å². The van der Waals surface area contributed by atoms with Gasteiger partial charge in [-0.15, -0.1) is 23.5 Å². The van der Waals surface area contributed by atoms with Gasteiger partial charge < -0.3 is 24.8 Å². The van der Waals surface area contributed by atoms with Crippen LogP contribution >= 0.6 is 23.5 Å². The Morgan fingerprint density at radius 2 is 2.10 bits per heavy atom. The summed E-state index contributed by atoms with van der Waals surface area (Å²) in [4.78, 5) is 38.9. The van der Waals surface area contributed by atoms with E-state index in [4.69, 9.17) is 9.47 Å². The first-order valence-electron chi connectivity index (χ1n) is 8.99. The molecule has 2 N–H and O–H groups in total. The van der Waals surface area contributed by atoms with Gasteiger partial charge in [0.15, 0.2) is 6.61 Å². The molecule has 2 aliphatic rings. The van der Waals surface area contributed by atoms with Crippen LogP contribution in [0.15, 0.2) is 40.9 Å². The van der Waals surface area contributed by atoms with Gasteiger partial charge in [-0.3, -0.25) is 9.59 Å². The number of para-hydroxylation sites is 1. The van der Waals surface area contributed by atoms with Gasteiger partial charge in [-0.1, -0.05) is 18.2 Å². The summed E-state index contributed by atoms with van der Waals surface area (Å²) in [5.74, 6) is -0.334.